The maximum absolute atomic E-state index is 13.1. The summed E-state index contributed by atoms with van der Waals surface area (Å²) in [5.74, 6) is 0.594. The van der Waals surface area contributed by atoms with E-state index >= 15 is 0 Å². The summed E-state index contributed by atoms with van der Waals surface area (Å²) >= 11 is 2.69. The van der Waals surface area contributed by atoms with Gasteiger partial charge >= 0.3 is 0 Å². The molecule has 31 heavy (non-hydrogen) atoms. The highest BCUT2D eigenvalue weighted by atomic mass is 32.1. The van der Waals surface area contributed by atoms with Gasteiger partial charge in [0.2, 0.25) is 0 Å². The van der Waals surface area contributed by atoms with Gasteiger partial charge in [-0.1, -0.05) is 30.7 Å². The summed E-state index contributed by atoms with van der Waals surface area (Å²) in [5.41, 5.74) is 3.71. The first-order valence-electron chi connectivity index (χ1n) is 10.4. The molecule has 0 spiro atoms. The molecule has 4 heterocycles. The van der Waals surface area contributed by atoms with Gasteiger partial charge in [0.1, 0.15) is 10.7 Å². The number of benzene rings is 1. The van der Waals surface area contributed by atoms with Gasteiger partial charge in [-0.2, -0.15) is 0 Å². The van der Waals surface area contributed by atoms with Crippen LogP contribution in [0.3, 0.4) is 0 Å². The quantitative estimate of drug-likeness (QED) is 0.467. The summed E-state index contributed by atoms with van der Waals surface area (Å²) in [6, 6.07) is 8.04. The minimum absolute atomic E-state index is 0.0224. The molecule has 3 aromatic heterocycles. The molecule has 0 fully saturated rings. The van der Waals surface area contributed by atoms with Gasteiger partial charge in [-0.25, -0.2) is 9.97 Å². The van der Waals surface area contributed by atoms with Crippen LogP contribution in [0.1, 0.15) is 45.9 Å². The van der Waals surface area contributed by atoms with Gasteiger partial charge < -0.3 is 0 Å². The Balaban J connectivity index is 1.47. The van der Waals surface area contributed by atoms with Gasteiger partial charge in [-0.05, 0) is 37.8 Å². The molecule has 5 rings (SSSR count). The molecule has 1 amide bonds. The number of hydrogen-bond donors (Lipinski definition) is 1. The molecule has 1 N–H and O–H groups in total. The molecule has 4 aromatic rings. The van der Waals surface area contributed by atoms with E-state index in [-0.39, 0.29) is 11.5 Å². The summed E-state index contributed by atoms with van der Waals surface area (Å²) in [7, 11) is 0. The summed E-state index contributed by atoms with van der Waals surface area (Å²) in [6.45, 7) is 4.58. The van der Waals surface area contributed by atoms with E-state index in [1.165, 1.54) is 22.7 Å². The number of carbonyl (C=O) groups excluding carboxylic acids is 1. The number of thiophene rings is 1. The van der Waals surface area contributed by atoms with Crippen molar-refractivity contribution in [3.8, 4) is 11.3 Å². The van der Waals surface area contributed by atoms with Crippen LogP contribution < -0.4 is 10.9 Å². The highest BCUT2D eigenvalue weighted by molar-refractivity contribution is 7.21. The lowest BCUT2D eigenvalue weighted by molar-refractivity contribution is 0.103. The number of nitrogens with zero attached hydrogens (tertiary/aromatic N) is 3. The zero-order valence-electron chi connectivity index (χ0n) is 17.4. The van der Waals surface area contributed by atoms with Gasteiger partial charge in [0.05, 0.1) is 16.0 Å². The van der Waals surface area contributed by atoms with E-state index in [9.17, 15) is 9.59 Å². The second-order valence-electron chi connectivity index (χ2n) is 7.84. The lowest BCUT2D eigenvalue weighted by atomic mass is 10.1. The van der Waals surface area contributed by atoms with Crippen LogP contribution in [0.15, 0.2) is 34.4 Å². The Kier molecular flexibility index (Phi) is 5.19. The number of fused-ring (bicyclic) bond motifs is 2. The fourth-order valence-electron chi connectivity index (χ4n) is 4.10. The number of thiazole rings is 1. The molecule has 0 atom stereocenters. The topological polar surface area (TPSA) is 76.9 Å². The maximum Gasteiger partial charge on any atom is 0.267 e. The second kappa shape index (κ2) is 8.01. The van der Waals surface area contributed by atoms with E-state index < -0.39 is 0 Å². The molecule has 0 aliphatic carbocycles. The minimum Gasteiger partial charge on any atom is -0.297 e. The SMILES string of the molecule is Cc1ccccc1-c1csc(NC(=O)c2sc3nc4n(c(=O)c3c2C)CCCCC4)n1. The van der Waals surface area contributed by atoms with Crippen molar-refractivity contribution >= 4 is 43.9 Å². The summed E-state index contributed by atoms with van der Waals surface area (Å²) in [4.78, 5) is 36.7. The number of aromatic nitrogens is 3. The third-order valence-electron chi connectivity index (χ3n) is 5.76. The van der Waals surface area contributed by atoms with Crippen molar-refractivity contribution in [2.24, 2.45) is 0 Å². The summed E-state index contributed by atoms with van der Waals surface area (Å²) in [5, 5.41) is 5.97. The number of amides is 1. The Bertz CT molecular complexity index is 1370. The van der Waals surface area contributed by atoms with Crippen LogP contribution in [0.25, 0.3) is 21.5 Å². The van der Waals surface area contributed by atoms with Crippen molar-refractivity contribution in [2.45, 2.75) is 46.1 Å². The molecule has 1 aliphatic heterocycles. The van der Waals surface area contributed by atoms with E-state index in [1.807, 2.05) is 43.5 Å². The van der Waals surface area contributed by atoms with E-state index in [2.05, 4.69) is 10.3 Å². The molecule has 1 aliphatic rings. The number of carbonyl (C=O) groups is 1. The van der Waals surface area contributed by atoms with Crippen molar-refractivity contribution in [2.75, 3.05) is 5.32 Å². The minimum atomic E-state index is -0.245. The second-order valence-corrected chi connectivity index (χ2v) is 9.70. The first kappa shape index (κ1) is 20.1. The maximum atomic E-state index is 13.1. The smallest absolute Gasteiger partial charge is 0.267 e. The predicted molar refractivity (Wildman–Crippen MR) is 126 cm³/mol. The van der Waals surface area contributed by atoms with Crippen molar-refractivity contribution < 1.29 is 4.79 Å². The molecule has 0 radical (unpaired) electrons. The average Bonchev–Trinajstić information content (AvgIpc) is 3.25. The molecule has 0 saturated carbocycles. The standard InChI is InChI=1S/C23H22N4O2S2/c1-13-8-5-6-9-15(13)16-12-30-23(24-16)26-20(28)19-14(2)18-21(31-19)25-17-10-4-3-7-11-27(17)22(18)29/h5-6,8-9,12H,3-4,7,10-11H2,1-2H3,(H,24,26,28). The van der Waals surface area contributed by atoms with E-state index in [1.54, 1.807) is 4.57 Å². The van der Waals surface area contributed by atoms with E-state index in [4.69, 9.17) is 4.98 Å². The van der Waals surface area contributed by atoms with Crippen LogP contribution in [-0.4, -0.2) is 20.4 Å². The van der Waals surface area contributed by atoms with Crippen molar-refractivity contribution in [3.63, 3.8) is 0 Å². The predicted octanol–water partition coefficient (Wildman–Crippen LogP) is 5.18. The summed E-state index contributed by atoms with van der Waals surface area (Å²) < 4.78 is 1.80. The highest BCUT2D eigenvalue weighted by Crippen LogP contribution is 2.31. The Morgan fingerprint density at radius 1 is 1.13 bits per heavy atom. The Morgan fingerprint density at radius 3 is 2.81 bits per heavy atom. The highest BCUT2D eigenvalue weighted by Gasteiger charge is 2.23. The lowest BCUT2D eigenvalue weighted by Gasteiger charge is -2.08. The van der Waals surface area contributed by atoms with Crippen LogP contribution in [-0.2, 0) is 13.0 Å². The Labute approximate surface area is 187 Å². The molecular weight excluding hydrogens is 428 g/mol. The Hall–Kier alpha value is -2.84. The van der Waals surface area contributed by atoms with Gasteiger partial charge in [-0.15, -0.1) is 22.7 Å². The van der Waals surface area contributed by atoms with Gasteiger partial charge in [0.25, 0.3) is 11.5 Å². The Morgan fingerprint density at radius 2 is 1.97 bits per heavy atom. The number of aryl methyl sites for hydroxylation is 3. The molecular formula is C23H22N4O2S2. The zero-order chi connectivity index (χ0) is 21.5. The average molecular weight is 451 g/mol. The molecule has 6 nitrogen and oxygen atoms in total. The van der Waals surface area contributed by atoms with Crippen LogP contribution in [0.4, 0.5) is 5.13 Å². The fourth-order valence-corrected chi connectivity index (χ4v) is 5.89. The fraction of sp³-hybridized carbons (Fsp3) is 0.304. The monoisotopic (exact) mass is 450 g/mol. The lowest BCUT2D eigenvalue weighted by Crippen LogP contribution is -2.24. The molecule has 0 saturated heterocycles. The number of nitrogens with one attached hydrogen (secondary N) is 1. The number of hydrogen-bond acceptors (Lipinski definition) is 6. The third kappa shape index (κ3) is 3.59. The molecule has 0 unspecified atom stereocenters. The van der Waals surface area contributed by atoms with Gasteiger partial charge in [0.15, 0.2) is 5.13 Å². The number of anilines is 1. The normalized spacial score (nSPS) is 13.7. The van der Waals surface area contributed by atoms with Crippen LogP contribution >= 0.6 is 22.7 Å². The largest absolute Gasteiger partial charge is 0.297 e. The zero-order valence-corrected chi connectivity index (χ0v) is 19.0. The van der Waals surface area contributed by atoms with Gasteiger partial charge in [0, 0.05) is 23.9 Å². The summed E-state index contributed by atoms with van der Waals surface area (Å²) in [6.07, 6.45) is 3.96. The molecule has 0 bridgehead atoms. The third-order valence-corrected chi connectivity index (χ3v) is 7.71. The molecule has 1 aromatic carbocycles. The van der Waals surface area contributed by atoms with Crippen LogP contribution in [0.2, 0.25) is 0 Å². The first-order valence-corrected chi connectivity index (χ1v) is 12.1. The van der Waals surface area contributed by atoms with Gasteiger partial charge in [-0.3, -0.25) is 19.5 Å². The van der Waals surface area contributed by atoms with Crippen LogP contribution in [0, 0.1) is 13.8 Å². The number of rotatable bonds is 3. The van der Waals surface area contributed by atoms with Crippen LogP contribution in [0.5, 0.6) is 0 Å². The first-order chi connectivity index (χ1) is 15.0. The molecule has 8 heteroatoms. The van der Waals surface area contributed by atoms with Crippen molar-refractivity contribution in [1.29, 1.82) is 0 Å². The molecule has 158 valence electrons. The van der Waals surface area contributed by atoms with E-state index in [0.29, 0.717) is 32.3 Å². The van der Waals surface area contributed by atoms with Crippen molar-refractivity contribution in [1.82, 2.24) is 14.5 Å². The van der Waals surface area contributed by atoms with E-state index in [0.717, 1.165) is 48.3 Å². The van der Waals surface area contributed by atoms with Crippen molar-refractivity contribution in [3.05, 3.63) is 61.8 Å².